The largest absolute Gasteiger partial charge is 0.256 e. The van der Waals surface area contributed by atoms with Crippen molar-refractivity contribution in [2.24, 2.45) is 5.92 Å². The van der Waals surface area contributed by atoms with Gasteiger partial charge in [0.05, 0.1) is 5.69 Å². The van der Waals surface area contributed by atoms with Crippen LogP contribution in [0.2, 0.25) is 0 Å². The van der Waals surface area contributed by atoms with E-state index in [9.17, 15) is 0 Å². The normalized spacial score (nSPS) is 13.6. The van der Waals surface area contributed by atoms with Crippen LogP contribution in [0, 0.1) is 12.8 Å². The minimum atomic E-state index is 0.520. The second-order valence-electron chi connectivity index (χ2n) is 11.3. The topological polar surface area (TPSA) is 12.9 Å². The van der Waals surface area contributed by atoms with E-state index in [0.29, 0.717) is 5.92 Å². The third-order valence-electron chi connectivity index (χ3n) is 8.10. The molecule has 1 aromatic heterocycles. The van der Waals surface area contributed by atoms with Crippen LogP contribution in [0.1, 0.15) is 42.0 Å². The summed E-state index contributed by atoms with van der Waals surface area (Å²) in [5.41, 5.74) is 14.0. The number of pyridine rings is 1. The maximum Gasteiger partial charge on any atom is 0.0702 e. The zero-order chi connectivity index (χ0) is 28.0. The van der Waals surface area contributed by atoms with Crippen molar-refractivity contribution in [1.82, 2.24) is 4.98 Å². The van der Waals surface area contributed by atoms with Gasteiger partial charge in [-0.25, -0.2) is 0 Å². The highest BCUT2D eigenvalue weighted by Gasteiger charge is 2.14. The Morgan fingerprint density at radius 3 is 2.12 bits per heavy atom. The number of benzene rings is 4. The highest BCUT2D eigenvalue weighted by Crippen LogP contribution is 2.34. The molecule has 1 atom stereocenters. The van der Waals surface area contributed by atoms with E-state index in [1.165, 1.54) is 56.5 Å². The van der Waals surface area contributed by atoms with E-state index < -0.39 is 0 Å². The van der Waals surface area contributed by atoms with Crippen LogP contribution in [0.3, 0.4) is 0 Å². The smallest absolute Gasteiger partial charge is 0.0702 e. The molecule has 4 aromatic carbocycles. The van der Waals surface area contributed by atoms with E-state index in [-0.39, 0.29) is 0 Å². The minimum absolute atomic E-state index is 0.520. The lowest BCUT2D eigenvalue weighted by Gasteiger charge is -2.18. The Kier molecular flexibility index (Phi) is 8.05. The van der Waals surface area contributed by atoms with Crippen molar-refractivity contribution < 1.29 is 0 Å². The molecular weight excluding hydrogens is 494 g/mol. The molecule has 1 heterocycles. The van der Waals surface area contributed by atoms with E-state index >= 15 is 0 Å². The number of aryl methyl sites for hydroxylation is 1. The molecule has 6 rings (SSSR count). The predicted molar refractivity (Wildman–Crippen MR) is 174 cm³/mol. The monoisotopic (exact) mass is 531 g/mol. The standard InChI is InChI=1S/C40H37N/c1-29-21-31(24-35-18-10-9-17-34(35)23-30(2)32-13-5-3-6-14-32)25-36(22-29)38-26-37(33-15-7-4-8-16-33)27-39(28-38)40-19-11-12-20-41-40/h4-5,7-22,25-28,30H,3,6,23-24H2,1-2H3. The summed E-state index contributed by atoms with van der Waals surface area (Å²) in [6, 6.07) is 39.7. The molecule has 0 aliphatic heterocycles. The third-order valence-corrected chi connectivity index (χ3v) is 8.10. The molecule has 0 N–H and O–H groups in total. The molecule has 0 saturated carbocycles. The minimum Gasteiger partial charge on any atom is -0.256 e. The van der Waals surface area contributed by atoms with E-state index in [1.807, 2.05) is 12.3 Å². The first-order valence-corrected chi connectivity index (χ1v) is 14.8. The van der Waals surface area contributed by atoms with Crippen LogP contribution in [0.25, 0.3) is 33.5 Å². The van der Waals surface area contributed by atoms with Crippen LogP contribution in [0.5, 0.6) is 0 Å². The first-order valence-electron chi connectivity index (χ1n) is 14.8. The average molecular weight is 532 g/mol. The molecule has 5 aromatic rings. The maximum atomic E-state index is 4.67. The Morgan fingerprint density at radius 2 is 1.37 bits per heavy atom. The Balaban J connectivity index is 1.35. The quantitative estimate of drug-likeness (QED) is 0.194. The first-order chi connectivity index (χ1) is 20.1. The van der Waals surface area contributed by atoms with E-state index in [1.54, 1.807) is 0 Å². The van der Waals surface area contributed by atoms with Crippen molar-refractivity contribution in [3.63, 3.8) is 0 Å². The van der Waals surface area contributed by atoms with Crippen molar-refractivity contribution in [2.45, 2.75) is 39.5 Å². The van der Waals surface area contributed by atoms with Crippen LogP contribution < -0.4 is 0 Å². The fourth-order valence-electron chi connectivity index (χ4n) is 6.00. The fraction of sp³-hybridized carbons (Fsp3) is 0.175. The van der Waals surface area contributed by atoms with Gasteiger partial charge >= 0.3 is 0 Å². The van der Waals surface area contributed by atoms with Crippen molar-refractivity contribution in [3.8, 4) is 33.5 Å². The summed E-state index contributed by atoms with van der Waals surface area (Å²) in [6.07, 6.45) is 13.3. The molecular formula is C40H37N. The van der Waals surface area contributed by atoms with Gasteiger partial charge in [0.15, 0.2) is 0 Å². The fourth-order valence-corrected chi connectivity index (χ4v) is 6.00. The molecule has 1 heteroatoms. The summed E-state index contributed by atoms with van der Waals surface area (Å²) in [5.74, 6) is 0.520. The van der Waals surface area contributed by atoms with Gasteiger partial charge in [0, 0.05) is 11.8 Å². The van der Waals surface area contributed by atoms with Crippen LogP contribution >= 0.6 is 0 Å². The third kappa shape index (κ3) is 6.47. The molecule has 0 bridgehead atoms. The molecule has 1 nitrogen and oxygen atoms in total. The van der Waals surface area contributed by atoms with E-state index in [4.69, 9.17) is 0 Å². The van der Waals surface area contributed by atoms with Gasteiger partial charge in [-0.15, -0.1) is 0 Å². The van der Waals surface area contributed by atoms with Crippen LogP contribution in [0.15, 0.2) is 139 Å². The molecule has 0 spiro atoms. The van der Waals surface area contributed by atoms with Gasteiger partial charge < -0.3 is 0 Å². The summed E-state index contributed by atoms with van der Waals surface area (Å²) in [5, 5.41) is 0. The molecule has 0 saturated heterocycles. The lowest BCUT2D eigenvalue weighted by molar-refractivity contribution is 0.680. The molecule has 1 aliphatic rings. The SMILES string of the molecule is Cc1cc(Cc2ccccc2CC(C)C2=CCCC=C2)cc(-c2cc(-c3ccccc3)cc(-c3ccccn3)c2)c1. The molecule has 0 fully saturated rings. The number of aromatic nitrogens is 1. The maximum absolute atomic E-state index is 4.67. The zero-order valence-corrected chi connectivity index (χ0v) is 24.1. The Bertz CT molecular complexity index is 1630. The van der Waals surface area contributed by atoms with Crippen LogP contribution in [-0.4, -0.2) is 4.98 Å². The number of hydrogen-bond acceptors (Lipinski definition) is 1. The molecule has 41 heavy (non-hydrogen) atoms. The van der Waals surface area contributed by atoms with Crippen LogP contribution in [0.4, 0.5) is 0 Å². The predicted octanol–water partition coefficient (Wildman–Crippen LogP) is 10.4. The average Bonchev–Trinajstić information content (AvgIpc) is 3.03. The van der Waals surface area contributed by atoms with Gasteiger partial charge in [-0.3, -0.25) is 4.98 Å². The lowest BCUT2D eigenvalue weighted by atomic mass is 9.87. The molecule has 202 valence electrons. The molecule has 0 amide bonds. The molecule has 1 aliphatic carbocycles. The van der Waals surface area contributed by atoms with Gasteiger partial charge in [0.25, 0.3) is 0 Å². The van der Waals surface area contributed by atoms with E-state index in [0.717, 1.165) is 30.5 Å². The second-order valence-corrected chi connectivity index (χ2v) is 11.3. The van der Waals surface area contributed by atoms with Crippen LogP contribution in [-0.2, 0) is 12.8 Å². The van der Waals surface area contributed by atoms with Crippen molar-refractivity contribution >= 4 is 0 Å². The summed E-state index contributed by atoms with van der Waals surface area (Å²) in [6.45, 7) is 4.57. The number of nitrogens with zero attached hydrogens (tertiary/aromatic N) is 1. The lowest BCUT2D eigenvalue weighted by Crippen LogP contribution is -2.06. The molecule has 1 unspecified atom stereocenters. The zero-order valence-electron chi connectivity index (χ0n) is 24.1. The second kappa shape index (κ2) is 12.4. The highest BCUT2D eigenvalue weighted by atomic mass is 14.7. The van der Waals surface area contributed by atoms with Gasteiger partial charge in [-0.05, 0) is 113 Å². The van der Waals surface area contributed by atoms with Gasteiger partial charge in [0.2, 0.25) is 0 Å². The van der Waals surface area contributed by atoms with Crippen molar-refractivity contribution in [2.75, 3.05) is 0 Å². The Morgan fingerprint density at radius 1 is 0.659 bits per heavy atom. The van der Waals surface area contributed by atoms with Gasteiger partial charge in [-0.1, -0.05) is 110 Å². The summed E-state index contributed by atoms with van der Waals surface area (Å²) in [7, 11) is 0. The summed E-state index contributed by atoms with van der Waals surface area (Å²) >= 11 is 0. The Hall–Kier alpha value is -4.49. The van der Waals surface area contributed by atoms with Crippen molar-refractivity contribution in [3.05, 3.63) is 161 Å². The highest BCUT2D eigenvalue weighted by molar-refractivity contribution is 5.80. The van der Waals surface area contributed by atoms with Crippen molar-refractivity contribution in [1.29, 1.82) is 0 Å². The number of allylic oxidation sites excluding steroid dienone is 4. The summed E-state index contributed by atoms with van der Waals surface area (Å²) in [4.78, 5) is 4.67. The number of hydrogen-bond donors (Lipinski definition) is 0. The number of rotatable bonds is 8. The summed E-state index contributed by atoms with van der Waals surface area (Å²) < 4.78 is 0. The Labute approximate surface area is 245 Å². The molecule has 0 radical (unpaired) electrons. The van der Waals surface area contributed by atoms with Gasteiger partial charge in [0.1, 0.15) is 0 Å². The van der Waals surface area contributed by atoms with E-state index in [2.05, 4.69) is 140 Å². The first kappa shape index (κ1) is 26.7. The van der Waals surface area contributed by atoms with Gasteiger partial charge in [-0.2, -0.15) is 0 Å².